The van der Waals surface area contributed by atoms with Crippen molar-refractivity contribution in [1.29, 1.82) is 0 Å². The van der Waals surface area contributed by atoms with Gasteiger partial charge in [-0.05, 0) is 50.2 Å². The topological polar surface area (TPSA) is 71.3 Å². The number of rotatable bonds is 4. The van der Waals surface area contributed by atoms with Gasteiger partial charge < -0.3 is 0 Å². The molecule has 3 aliphatic heterocycles. The summed E-state index contributed by atoms with van der Waals surface area (Å²) >= 11 is 0. The van der Waals surface area contributed by atoms with Crippen LogP contribution in [0.15, 0.2) is 146 Å². The maximum Gasteiger partial charge on any atom is 0.180 e. The molecule has 5 aromatic carbocycles. The number of benzene rings is 5. The molecule has 3 heterocycles. The van der Waals surface area contributed by atoms with Crippen molar-refractivity contribution in [1.82, 2.24) is 38.7 Å². The fourth-order valence-electron chi connectivity index (χ4n) is 6.41. The van der Waals surface area contributed by atoms with Crippen molar-refractivity contribution >= 4 is 11.0 Å². The highest BCUT2D eigenvalue weighted by atomic mass is 15.4. The van der Waals surface area contributed by atoms with Gasteiger partial charge in [-0.2, -0.15) is 0 Å². The lowest BCUT2D eigenvalue weighted by Gasteiger charge is -2.11. The van der Waals surface area contributed by atoms with Crippen LogP contribution in [0.1, 0.15) is 11.4 Å². The molecule has 0 fully saturated rings. The third-order valence-electron chi connectivity index (χ3n) is 9.18. The molecule has 0 N–H and O–H groups in total. The summed E-state index contributed by atoms with van der Waals surface area (Å²) in [6, 6.07) is 49.1. The van der Waals surface area contributed by atoms with Gasteiger partial charge in [-0.15, -0.1) is 0 Å². The molecular weight excluding hydrogens is 617 g/mol. The molecule has 0 aliphatic carbocycles. The van der Waals surface area contributed by atoms with Crippen LogP contribution in [0, 0.1) is 13.8 Å². The molecule has 0 aromatic heterocycles. The minimum Gasteiger partial charge on any atom is -0.284 e. The normalized spacial score (nSPS) is 11.2. The highest BCUT2D eigenvalue weighted by Gasteiger charge is 2.24. The van der Waals surface area contributed by atoms with Gasteiger partial charge in [-0.25, -0.2) is 29.3 Å². The first-order valence-corrected chi connectivity index (χ1v) is 16.6. The zero-order valence-electron chi connectivity index (χ0n) is 28.4. The van der Waals surface area contributed by atoms with Crippen LogP contribution >= 0.6 is 0 Å². The molecular formula is C42H36N8. The molecule has 0 saturated heterocycles. The Morgan fingerprint density at radius 2 is 0.680 bits per heavy atom. The van der Waals surface area contributed by atoms with Gasteiger partial charge in [0.05, 0.1) is 45.2 Å². The van der Waals surface area contributed by atoms with Gasteiger partial charge in [0.15, 0.2) is 11.6 Å². The van der Waals surface area contributed by atoms with Crippen molar-refractivity contribution in [3.63, 3.8) is 0 Å². The van der Waals surface area contributed by atoms with Gasteiger partial charge in [-0.1, -0.05) is 109 Å². The number of hydrogen-bond donors (Lipinski definition) is 0. The van der Waals surface area contributed by atoms with Crippen LogP contribution in [0.25, 0.3) is 68.0 Å². The van der Waals surface area contributed by atoms with Crippen LogP contribution < -0.4 is 0 Å². The van der Waals surface area contributed by atoms with Gasteiger partial charge in [0.2, 0.25) is 0 Å². The number of aromatic nitrogens is 8. The summed E-state index contributed by atoms with van der Waals surface area (Å²) in [5.74, 6) is 1.39. The van der Waals surface area contributed by atoms with Crippen LogP contribution in [0.5, 0.6) is 0 Å². The molecule has 8 rings (SSSR count). The van der Waals surface area contributed by atoms with E-state index < -0.39 is 0 Å². The molecule has 0 atom stereocenters. The first-order valence-electron chi connectivity index (χ1n) is 16.6. The van der Waals surface area contributed by atoms with Crippen molar-refractivity contribution < 1.29 is 0 Å². The monoisotopic (exact) mass is 652 g/mol. The molecule has 0 amide bonds. The van der Waals surface area contributed by atoms with Crippen molar-refractivity contribution in [3.05, 3.63) is 157 Å². The standard InChI is InChI=1S/C42H36N8/c1-29-37-41(49(47(29)3)33-23-13-7-14-24-33)43-35-27-17-18-28-36(35)44-42-38(30(2)48(4)50(42)34-25-15-8-16-26-34)46-40(32-21-11-6-12-22-32)39(45-37)31-19-9-5-10-20-31/h5-28H,1-4H3. The van der Waals surface area contributed by atoms with Gasteiger partial charge in [0.25, 0.3) is 0 Å². The maximum atomic E-state index is 5.58. The van der Waals surface area contributed by atoms with Crippen LogP contribution in [0.4, 0.5) is 0 Å². The Morgan fingerprint density at radius 3 is 1.04 bits per heavy atom. The predicted molar refractivity (Wildman–Crippen MR) is 201 cm³/mol. The lowest BCUT2D eigenvalue weighted by Crippen LogP contribution is -2.09. The van der Waals surface area contributed by atoms with E-state index in [1.54, 1.807) is 0 Å². The Balaban J connectivity index is 1.64. The van der Waals surface area contributed by atoms with Crippen molar-refractivity contribution in [2.45, 2.75) is 13.8 Å². The first kappa shape index (κ1) is 30.8. The van der Waals surface area contributed by atoms with E-state index in [4.69, 9.17) is 19.9 Å². The third-order valence-corrected chi connectivity index (χ3v) is 9.18. The van der Waals surface area contributed by atoms with E-state index >= 15 is 0 Å². The van der Waals surface area contributed by atoms with Gasteiger partial charge in [0.1, 0.15) is 11.4 Å². The van der Waals surface area contributed by atoms with Crippen LogP contribution in [-0.2, 0) is 14.1 Å². The molecule has 244 valence electrons. The van der Waals surface area contributed by atoms with Crippen molar-refractivity contribution in [3.8, 4) is 56.9 Å². The minimum absolute atomic E-state index is 0.695. The molecule has 3 aliphatic rings. The van der Waals surface area contributed by atoms with Gasteiger partial charge >= 0.3 is 0 Å². The molecule has 5 aromatic rings. The second-order valence-corrected chi connectivity index (χ2v) is 12.2. The number of para-hydroxylation sites is 4. The molecule has 0 spiro atoms. The lowest BCUT2D eigenvalue weighted by atomic mass is 10.0. The highest BCUT2D eigenvalue weighted by molar-refractivity contribution is 5.81. The van der Waals surface area contributed by atoms with E-state index in [0.717, 1.165) is 67.7 Å². The minimum atomic E-state index is 0.695. The summed E-state index contributed by atoms with van der Waals surface area (Å²) < 4.78 is 8.44. The zero-order valence-corrected chi connectivity index (χ0v) is 28.4. The van der Waals surface area contributed by atoms with E-state index in [2.05, 4.69) is 81.1 Å². The van der Waals surface area contributed by atoms with Crippen LogP contribution in [-0.4, -0.2) is 38.7 Å². The second kappa shape index (κ2) is 12.8. The van der Waals surface area contributed by atoms with E-state index in [1.165, 1.54) is 0 Å². The summed E-state index contributed by atoms with van der Waals surface area (Å²) in [6.07, 6.45) is 0. The Morgan fingerprint density at radius 1 is 0.360 bits per heavy atom. The largest absolute Gasteiger partial charge is 0.284 e. The van der Waals surface area contributed by atoms with E-state index in [1.807, 2.05) is 111 Å². The molecule has 0 saturated carbocycles. The number of fused-ring (bicyclic) bond motifs is 3. The number of nitrogens with zero attached hydrogens (tertiary/aromatic N) is 8. The smallest absolute Gasteiger partial charge is 0.180 e. The molecule has 50 heavy (non-hydrogen) atoms. The van der Waals surface area contributed by atoms with Crippen molar-refractivity contribution in [2.75, 3.05) is 0 Å². The van der Waals surface area contributed by atoms with Crippen molar-refractivity contribution in [2.24, 2.45) is 14.1 Å². The molecule has 0 radical (unpaired) electrons. The van der Waals surface area contributed by atoms with Gasteiger partial charge in [0, 0.05) is 25.2 Å². The summed E-state index contributed by atoms with van der Waals surface area (Å²) in [4.78, 5) is 22.0. The SMILES string of the molecule is Cc1c2nc(-c3ccccc3)c(-c3ccccc3)nc3c(C)n(C)n(-c4ccccc4)c-3nc3ccccc3nc-2n(-c2ccccc2)n1C. The first-order chi connectivity index (χ1) is 24.5. The Labute approximate surface area is 290 Å². The third kappa shape index (κ3) is 5.37. The average molecular weight is 653 g/mol. The maximum absolute atomic E-state index is 5.58. The fourth-order valence-corrected chi connectivity index (χ4v) is 6.41. The molecule has 0 unspecified atom stereocenters. The van der Waals surface area contributed by atoms with E-state index in [9.17, 15) is 0 Å². The average Bonchev–Trinajstić information content (AvgIpc) is 3.53. The molecule has 8 nitrogen and oxygen atoms in total. The Kier molecular flexibility index (Phi) is 7.89. The molecule has 8 heteroatoms. The van der Waals surface area contributed by atoms with E-state index in [-0.39, 0.29) is 0 Å². The summed E-state index contributed by atoms with van der Waals surface area (Å²) in [6.45, 7) is 4.17. The summed E-state index contributed by atoms with van der Waals surface area (Å²) in [7, 11) is 4.09. The molecule has 0 bridgehead atoms. The fraction of sp³-hybridized carbons (Fsp3) is 0.0952. The zero-order chi connectivity index (χ0) is 34.2. The van der Waals surface area contributed by atoms with Gasteiger partial charge in [-0.3, -0.25) is 9.36 Å². The van der Waals surface area contributed by atoms with Crippen LogP contribution in [0.2, 0.25) is 0 Å². The quantitative estimate of drug-likeness (QED) is 0.190. The Bertz CT molecular complexity index is 2330. The van der Waals surface area contributed by atoms with E-state index in [0.29, 0.717) is 11.6 Å². The van der Waals surface area contributed by atoms with Crippen LogP contribution in [0.3, 0.4) is 0 Å². The Hall–Kier alpha value is -6.54. The highest BCUT2D eigenvalue weighted by Crippen LogP contribution is 2.35. The predicted octanol–water partition coefficient (Wildman–Crippen LogP) is 9.09. The number of hydrogen-bond acceptors (Lipinski definition) is 4. The second-order valence-electron chi connectivity index (χ2n) is 12.2. The summed E-state index contributed by atoms with van der Waals surface area (Å²) in [5.41, 5.74) is 10.1. The summed E-state index contributed by atoms with van der Waals surface area (Å²) in [5, 5.41) is 0. The lowest BCUT2D eigenvalue weighted by molar-refractivity contribution is 0.645.